The van der Waals surface area contributed by atoms with Gasteiger partial charge in [-0.2, -0.15) is 9.57 Å². The van der Waals surface area contributed by atoms with E-state index >= 15 is 0 Å². The Balaban J connectivity index is 1.81. The van der Waals surface area contributed by atoms with E-state index in [4.69, 9.17) is 5.26 Å². The molecule has 0 amide bonds. The van der Waals surface area contributed by atoms with Crippen LogP contribution in [0.4, 0.5) is 0 Å². The van der Waals surface area contributed by atoms with Crippen LogP contribution in [-0.2, 0) is 10.0 Å². The Bertz CT molecular complexity index is 1130. The lowest BCUT2D eigenvalue weighted by molar-refractivity contribution is 0.493. The van der Waals surface area contributed by atoms with Gasteiger partial charge in [-0.3, -0.25) is 0 Å². The van der Waals surface area contributed by atoms with Crippen molar-refractivity contribution in [2.75, 3.05) is 18.8 Å². The Morgan fingerprint density at radius 1 is 1.33 bits per heavy atom. The molecule has 4 heterocycles. The zero-order chi connectivity index (χ0) is 16.7. The Morgan fingerprint density at radius 3 is 3.04 bits per heavy atom. The molecule has 9 heteroatoms. The average Bonchev–Trinajstić information content (AvgIpc) is 3.23. The standard InChI is InChI=1S/C15H12N6O2S/c16-3-6-24(22,23)21-5-2-10(8-21)14-13-11-1-4-17-15(11)18-7-12(13)19-9-20-14/h1-2,4,7,9H,5-6,8H2,(H,19,20). The van der Waals surface area contributed by atoms with Crippen LogP contribution in [0.25, 0.3) is 27.5 Å². The highest BCUT2D eigenvalue weighted by Crippen LogP contribution is 2.30. The van der Waals surface area contributed by atoms with Crippen LogP contribution >= 0.6 is 0 Å². The van der Waals surface area contributed by atoms with E-state index in [2.05, 4.69) is 19.9 Å². The maximum atomic E-state index is 12.1. The van der Waals surface area contributed by atoms with Gasteiger partial charge in [0.05, 0.1) is 29.8 Å². The molecule has 0 fully saturated rings. The normalized spacial score (nSPS) is 15.7. The highest BCUT2D eigenvalue weighted by atomic mass is 32.2. The maximum Gasteiger partial charge on any atom is 0.228 e. The van der Waals surface area contributed by atoms with Crippen molar-refractivity contribution >= 4 is 37.5 Å². The number of nitrogens with zero attached hydrogens (tertiary/aromatic N) is 5. The Kier molecular flexibility index (Phi) is 3.30. The number of rotatable bonds is 3. The molecule has 4 rings (SSSR count). The molecule has 0 radical (unpaired) electrons. The molecule has 1 N–H and O–H groups in total. The quantitative estimate of drug-likeness (QED) is 0.762. The van der Waals surface area contributed by atoms with Crippen LogP contribution in [0.15, 0.2) is 30.9 Å². The fourth-order valence-electron chi connectivity index (χ4n) is 2.89. The van der Waals surface area contributed by atoms with Gasteiger partial charge >= 0.3 is 0 Å². The number of sulfonamides is 1. The SMILES string of the molecule is N#CCS(=O)(=O)N1CC=C(c2nc[nH]c3cnc4nccc4c23)C1. The highest BCUT2D eigenvalue weighted by molar-refractivity contribution is 7.89. The number of aromatic amines is 1. The summed E-state index contributed by atoms with van der Waals surface area (Å²) in [5.41, 5.74) is 2.94. The third-order valence-electron chi connectivity index (χ3n) is 4.02. The Hall–Kier alpha value is -2.83. The molecule has 0 bridgehead atoms. The van der Waals surface area contributed by atoms with Crippen LogP contribution in [0.1, 0.15) is 5.69 Å². The molecule has 0 saturated carbocycles. The van der Waals surface area contributed by atoms with Crippen LogP contribution in [0.3, 0.4) is 0 Å². The van der Waals surface area contributed by atoms with Crippen molar-refractivity contribution in [3.05, 3.63) is 36.6 Å². The highest BCUT2D eigenvalue weighted by Gasteiger charge is 2.28. The van der Waals surface area contributed by atoms with Crippen molar-refractivity contribution in [3.8, 4) is 6.07 Å². The molecule has 0 unspecified atom stereocenters. The maximum absolute atomic E-state index is 12.1. The minimum Gasteiger partial charge on any atom is -0.345 e. The summed E-state index contributed by atoms with van der Waals surface area (Å²) < 4.78 is 25.4. The third-order valence-corrected chi connectivity index (χ3v) is 5.58. The lowest BCUT2D eigenvalue weighted by atomic mass is 10.1. The number of hydrogen-bond acceptors (Lipinski definition) is 6. The lowest BCUT2D eigenvalue weighted by Gasteiger charge is -2.14. The molecular formula is C15H12N6O2S. The molecule has 3 aromatic heterocycles. The minimum atomic E-state index is -3.58. The summed E-state index contributed by atoms with van der Waals surface area (Å²) in [6.45, 7) is 0.447. The Labute approximate surface area is 137 Å². The van der Waals surface area contributed by atoms with Crippen molar-refractivity contribution in [2.24, 2.45) is 0 Å². The van der Waals surface area contributed by atoms with Gasteiger partial charge in [-0.25, -0.2) is 23.4 Å². The van der Waals surface area contributed by atoms with Gasteiger partial charge in [0.1, 0.15) is 0 Å². The molecule has 120 valence electrons. The monoisotopic (exact) mass is 340 g/mol. The van der Waals surface area contributed by atoms with Crippen molar-refractivity contribution in [2.45, 2.75) is 0 Å². The van der Waals surface area contributed by atoms with E-state index in [0.29, 0.717) is 11.3 Å². The first-order valence-corrected chi connectivity index (χ1v) is 8.82. The van der Waals surface area contributed by atoms with E-state index in [1.165, 1.54) is 4.31 Å². The molecular weight excluding hydrogens is 328 g/mol. The summed E-state index contributed by atoms with van der Waals surface area (Å²) in [6.07, 6.45) is 6.77. The zero-order valence-corrected chi connectivity index (χ0v) is 13.3. The average molecular weight is 340 g/mol. The van der Waals surface area contributed by atoms with Crippen LogP contribution in [0.2, 0.25) is 0 Å². The van der Waals surface area contributed by atoms with E-state index in [9.17, 15) is 8.42 Å². The smallest absolute Gasteiger partial charge is 0.228 e. The van der Waals surface area contributed by atoms with Gasteiger partial charge in [-0.05, 0) is 11.6 Å². The second kappa shape index (κ2) is 5.36. The fraction of sp³-hybridized carbons (Fsp3) is 0.200. The molecule has 0 aliphatic carbocycles. The second-order valence-electron chi connectivity index (χ2n) is 5.42. The van der Waals surface area contributed by atoms with Gasteiger partial charge < -0.3 is 4.98 Å². The van der Waals surface area contributed by atoms with E-state index < -0.39 is 15.8 Å². The molecule has 24 heavy (non-hydrogen) atoms. The van der Waals surface area contributed by atoms with Crippen molar-refractivity contribution < 1.29 is 8.42 Å². The molecule has 1 aliphatic heterocycles. The number of aromatic nitrogens is 4. The lowest BCUT2D eigenvalue weighted by Crippen LogP contribution is -2.30. The van der Waals surface area contributed by atoms with Gasteiger partial charge in [0, 0.05) is 30.1 Å². The van der Waals surface area contributed by atoms with Crippen molar-refractivity contribution in [1.29, 1.82) is 5.26 Å². The number of nitriles is 1. The third kappa shape index (κ3) is 2.24. The van der Waals surface area contributed by atoms with Crippen LogP contribution in [0, 0.1) is 11.3 Å². The topological polar surface area (TPSA) is 116 Å². The number of hydrogen-bond donors (Lipinski definition) is 1. The number of pyridine rings is 1. The minimum absolute atomic E-state index is 0.202. The summed E-state index contributed by atoms with van der Waals surface area (Å²) in [4.78, 5) is 16.0. The number of nitrogens with one attached hydrogen (secondary N) is 1. The van der Waals surface area contributed by atoms with E-state index in [1.54, 1.807) is 24.8 Å². The molecule has 0 aromatic carbocycles. The van der Waals surface area contributed by atoms with Crippen LogP contribution in [0.5, 0.6) is 0 Å². The predicted octanol–water partition coefficient (Wildman–Crippen LogP) is 1.06. The molecule has 0 spiro atoms. The first-order valence-electron chi connectivity index (χ1n) is 7.21. The summed E-state index contributed by atoms with van der Waals surface area (Å²) in [6, 6.07) is 3.56. The van der Waals surface area contributed by atoms with Crippen LogP contribution < -0.4 is 0 Å². The molecule has 1 aliphatic rings. The van der Waals surface area contributed by atoms with E-state index in [-0.39, 0.29) is 13.1 Å². The number of fused-ring (bicyclic) bond motifs is 3. The summed E-state index contributed by atoms with van der Waals surface area (Å²) in [7, 11) is -3.58. The van der Waals surface area contributed by atoms with Gasteiger partial charge in [-0.15, -0.1) is 0 Å². The van der Waals surface area contributed by atoms with Crippen molar-refractivity contribution in [3.63, 3.8) is 0 Å². The van der Waals surface area contributed by atoms with Gasteiger partial charge in [0.25, 0.3) is 0 Å². The van der Waals surface area contributed by atoms with Gasteiger partial charge in [-0.1, -0.05) is 6.08 Å². The first kappa shape index (κ1) is 14.7. The molecule has 0 atom stereocenters. The van der Waals surface area contributed by atoms with E-state index in [0.717, 1.165) is 21.9 Å². The van der Waals surface area contributed by atoms with Crippen LogP contribution in [-0.4, -0.2) is 51.5 Å². The number of H-pyrrole nitrogens is 1. The summed E-state index contributed by atoms with van der Waals surface area (Å²) in [5, 5.41) is 10.4. The molecule has 3 aromatic rings. The van der Waals surface area contributed by atoms with Gasteiger partial charge in [0.15, 0.2) is 11.4 Å². The molecule has 0 saturated heterocycles. The second-order valence-corrected chi connectivity index (χ2v) is 7.39. The Morgan fingerprint density at radius 2 is 2.21 bits per heavy atom. The van der Waals surface area contributed by atoms with E-state index in [1.807, 2.05) is 12.1 Å². The molecule has 8 nitrogen and oxygen atoms in total. The predicted molar refractivity (Wildman–Crippen MR) is 88.1 cm³/mol. The summed E-state index contributed by atoms with van der Waals surface area (Å²) in [5.74, 6) is -0.522. The van der Waals surface area contributed by atoms with Crippen molar-refractivity contribution in [1.82, 2.24) is 24.2 Å². The largest absolute Gasteiger partial charge is 0.345 e. The zero-order valence-electron chi connectivity index (χ0n) is 12.5. The first-order chi connectivity index (χ1) is 11.6. The fourth-order valence-corrected chi connectivity index (χ4v) is 3.87. The van der Waals surface area contributed by atoms with Gasteiger partial charge in [0.2, 0.25) is 10.0 Å². The summed E-state index contributed by atoms with van der Waals surface area (Å²) >= 11 is 0.